The van der Waals surface area contributed by atoms with Gasteiger partial charge in [0.05, 0.1) is 18.7 Å². The van der Waals surface area contributed by atoms with Gasteiger partial charge in [0, 0.05) is 25.3 Å². The summed E-state index contributed by atoms with van der Waals surface area (Å²) in [7, 11) is 0. The predicted octanol–water partition coefficient (Wildman–Crippen LogP) is 2.56. The first-order valence-electron chi connectivity index (χ1n) is 9.93. The van der Waals surface area contributed by atoms with Gasteiger partial charge in [-0.2, -0.15) is 0 Å². The molecule has 1 aliphatic heterocycles. The zero-order valence-electron chi connectivity index (χ0n) is 16.0. The Kier molecular flexibility index (Phi) is 5.18. The first-order chi connectivity index (χ1) is 13.6. The third-order valence-corrected chi connectivity index (χ3v) is 5.87. The van der Waals surface area contributed by atoms with Crippen LogP contribution in [0.1, 0.15) is 31.2 Å². The van der Waals surface area contributed by atoms with Crippen LogP contribution < -0.4 is 5.32 Å². The van der Waals surface area contributed by atoms with Crippen molar-refractivity contribution in [1.82, 2.24) is 10.2 Å². The molecule has 2 N–H and O–H groups in total. The van der Waals surface area contributed by atoms with Crippen molar-refractivity contribution in [2.75, 3.05) is 13.2 Å². The number of hydrogen-bond acceptors (Lipinski definition) is 3. The second-order valence-electron chi connectivity index (χ2n) is 7.79. The van der Waals surface area contributed by atoms with E-state index < -0.39 is 0 Å². The molecule has 5 nitrogen and oxygen atoms in total. The van der Waals surface area contributed by atoms with Crippen molar-refractivity contribution in [1.29, 1.82) is 0 Å². The van der Waals surface area contributed by atoms with Crippen molar-refractivity contribution in [2.45, 2.75) is 37.8 Å². The molecule has 3 atom stereocenters. The fourth-order valence-corrected chi connectivity index (χ4v) is 4.26. The van der Waals surface area contributed by atoms with Crippen molar-refractivity contribution in [3.8, 4) is 11.1 Å². The number of nitrogens with one attached hydrogen (secondary N) is 1. The second kappa shape index (κ2) is 7.76. The summed E-state index contributed by atoms with van der Waals surface area (Å²) >= 11 is 0. The van der Waals surface area contributed by atoms with Crippen molar-refractivity contribution >= 4 is 11.8 Å². The number of nitrogens with zero attached hydrogens (tertiary/aromatic N) is 1. The van der Waals surface area contributed by atoms with Crippen molar-refractivity contribution in [3.63, 3.8) is 0 Å². The molecule has 1 saturated carbocycles. The molecular weight excluding hydrogens is 352 g/mol. The lowest BCUT2D eigenvalue weighted by molar-refractivity contribution is -0.152. The van der Waals surface area contributed by atoms with E-state index in [4.69, 9.17) is 0 Å². The molecule has 0 spiro atoms. The monoisotopic (exact) mass is 378 g/mol. The molecule has 1 saturated heterocycles. The Morgan fingerprint density at radius 1 is 1.00 bits per heavy atom. The molecule has 0 bridgehead atoms. The zero-order valence-corrected chi connectivity index (χ0v) is 16.0. The van der Waals surface area contributed by atoms with Crippen LogP contribution in [0.4, 0.5) is 0 Å². The fourth-order valence-electron chi connectivity index (χ4n) is 4.26. The number of aliphatic hydroxyl groups is 1. The highest BCUT2D eigenvalue weighted by atomic mass is 16.3. The number of rotatable bonds is 6. The molecule has 0 unspecified atom stereocenters. The lowest BCUT2D eigenvalue weighted by Crippen LogP contribution is -2.68. The van der Waals surface area contributed by atoms with Crippen LogP contribution >= 0.6 is 0 Å². The van der Waals surface area contributed by atoms with Gasteiger partial charge in [0.1, 0.15) is 0 Å². The normalized spacial score (nSPS) is 23.8. The highest BCUT2D eigenvalue weighted by molar-refractivity contribution is 5.83. The van der Waals surface area contributed by atoms with Gasteiger partial charge < -0.3 is 15.3 Å². The summed E-state index contributed by atoms with van der Waals surface area (Å²) < 4.78 is 0. The molecular formula is C23H26N2O3. The third-order valence-electron chi connectivity index (χ3n) is 5.87. The molecule has 4 rings (SSSR count). The Morgan fingerprint density at radius 3 is 2.21 bits per heavy atom. The molecule has 146 valence electrons. The number of carbonyl (C=O) groups excluding carboxylic acids is 2. The summed E-state index contributed by atoms with van der Waals surface area (Å²) in [5, 5.41) is 12.8. The number of aliphatic hydroxyl groups excluding tert-OH is 1. The quantitative estimate of drug-likeness (QED) is 0.812. The molecule has 28 heavy (non-hydrogen) atoms. The average Bonchev–Trinajstić information content (AvgIpc) is 3.54. The minimum absolute atomic E-state index is 0.0179. The van der Waals surface area contributed by atoms with Gasteiger partial charge in [0.2, 0.25) is 11.8 Å². The van der Waals surface area contributed by atoms with Crippen LogP contribution in [0.5, 0.6) is 0 Å². The van der Waals surface area contributed by atoms with E-state index in [2.05, 4.69) is 41.7 Å². The molecule has 1 aliphatic carbocycles. The highest BCUT2D eigenvalue weighted by Gasteiger charge is 2.53. The molecule has 2 aromatic rings. The first kappa shape index (κ1) is 18.7. The second-order valence-corrected chi connectivity index (χ2v) is 7.79. The number of benzene rings is 2. The molecule has 1 heterocycles. The Balaban J connectivity index is 1.58. The predicted molar refractivity (Wildman–Crippen MR) is 108 cm³/mol. The van der Waals surface area contributed by atoms with Gasteiger partial charge in [0.25, 0.3) is 0 Å². The van der Waals surface area contributed by atoms with Crippen LogP contribution in [0.3, 0.4) is 0 Å². The van der Waals surface area contributed by atoms with Gasteiger partial charge in [-0.1, -0.05) is 54.6 Å². The smallest absolute Gasteiger partial charge is 0.226 e. The van der Waals surface area contributed by atoms with E-state index in [1.807, 2.05) is 23.1 Å². The van der Waals surface area contributed by atoms with Gasteiger partial charge in [0.15, 0.2) is 0 Å². The van der Waals surface area contributed by atoms with E-state index >= 15 is 0 Å². The Morgan fingerprint density at radius 2 is 1.64 bits per heavy atom. The summed E-state index contributed by atoms with van der Waals surface area (Å²) in [5.74, 6) is 0.121. The summed E-state index contributed by atoms with van der Waals surface area (Å²) in [6.07, 6.45) is 1.85. The summed E-state index contributed by atoms with van der Waals surface area (Å²) in [4.78, 5) is 26.0. The number of amides is 2. The van der Waals surface area contributed by atoms with E-state index in [9.17, 15) is 14.7 Å². The van der Waals surface area contributed by atoms with Crippen LogP contribution in [0.25, 0.3) is 11.1 Å². The summed E-state index contributed by atoms with van der Waals surface area (Å²) in [6.45, 7) is 1.83. The van der Waals surface area contributed by atoms with E-state index in [0.717, 1.165) is 29.5 Å². The fraction of sp³-hybridized carbons (Fsp3) is 0.391. The molecule has 0 aromatic heterocycles. The van der Waals surface area contributed by atoms with E-state index in [1.54, 1.807) is 0 Å². The van der Waals surface area contributed by atoms with E-state index in [-0.39, 0.29) is 42.3 Å². The van der Waals surface area contributed by atoms with Crippen molar-refractivity contribution in [2.24, 2.45) is 5.92 Å². The highest BCUT2D eigenvalue weighted by Crippen LogP contribution is 2.44. The maximum absolute atomic E-state index is 12.7. The SMILES string of the molecule is CC(=O)NC[C@H]1[C@H](c2ccc(-c3ccccc3)cc2)[C@@H](CO)N1C(=O)C1CC1. The summed E-state index contributed by atoms with van der Waals surface area (Å²) in [5.41, 5.74) is 3.38. The number of carbonyl (C=O) groups is 2. The minimum atomic E-state index is -0.227. The van der Waals surface area contributed by atoms with Crippen LogP contribution in [-0.2, 0) is 9.59 Å². The van der Waals surface area contributed by atoms with Crippen LogP contribution in [0, 0.1) is 5.92 Å². The Labute approximate surface area is 165 Å². The van der Waals surface area contributed by atoms with Crippen LogP contribution in [0.2, 0.25) is 0 Å². The van der Waals surface area contributed by atoms with Gasteiger partial charge in [-0.05, 0) is 29.5 Å². The van der Waals surface area contributed by atoms with Crippen molar-refractivity contribution < 1.29 is 14.7 Å². The molecule has 2 aromatic carbocycles. The largest absolute Gasteiger partial charge is 0.394 e. The van der Waals surface area contributed by atoms with E-state index in [0.29, 0.717) is 6.54 Å². The van der Waals surface area contributed by atoms with Gasteiger partial charge in [-0.15, -0.1) is 0 Å². The zero-order chi connectivity index (χ0) is 19.7. The Bertz CT molecular complexity index is 846. The van der Waals surface area contributed by atoms with Gasteiger partial charge >= 0.3 is 0 Å². The standard InChI is InChI=1S/C23H26N2O3/c1-15(27)24-13-20-22(21(14-26)25(20)23(28)19-11-12-19)18-9-7-17(8-10-18)16-5-3-2-4-6-16/h2-10,19-22,26H,11-14H2,1H3,(H,24,27)/t20-,21+,22-/m0/s1. The molecule has 2 aliphatic rings. The van der Waals surface area contributed by atoms with Crippen LogP contribution in [-0.4, -0.2) is 47.1 Å². The molecule has 0 radical (unpaired) electrons. The molecule has 5 heteroatoms. The molecule has 2 fully saturated rings. The number of hydrogen-bond donors (Lipinski definition) is 2. The number of likely N-dealkylation sites (tertiary alicyclic amines) is 1. The average molecular weight is 378 g/mol. The lowest BCUT2D eigenvalue weighted by Gasteiger charge is -2.55. The lowest BCUT2D eigenvalue weighted by atomic mass is 9.74. The first-order valence-corrected chi connectivity index (χ1v) is 9.93. The molecule has 2 amide bonds. The maximum Gasteiger partial charge on any atom is 0.226 e. The summed E-state index contributed by atoms with van der Waals surface area (Å²) in [6, 6.07) is 18.2. The minimum Gasteiger partial charge on any atom is -0.394 e. The topological polar surface area (TPSA) is 69.6 Å². The van der Waals surface area contributed by atoms with Gasteiger partial charge in [-0.25, -0.2) is 0 Å². The van der Waals surface area contributed by atoms with E-state index in [1.165, 1.54) is 6.92 Å². The van der Waals surface area contributed by atoms with Gasteiger partial charge in [-0.3, -0.25) is 9.59 Å². The van der Waals surface area contributed by atoms with Crippen molar-refractivity contribution in [3.05, 3.63) is 60.2 Å². The maximum atomic E-state index is 12.7. The third kappa shape index (κ3) is 3.54. The Hall–Kier alpha value is -2.66. The van der Waals surface area contributed by atoms with Crippen LogP contribution in [0.15, 0.2) is 54.6 Å².